The van der Waals surface area contributed by atoms with Crippen molar-refractivity contribution < 1.29 is 32.6 Å². The van der Waals surface area contributed by atoms with Crippen LogP contribution in [0.2, 0.25) is 0 Å². The number of hydrogen-bond donors (Lipinski definition) is 2. The smallest absolute Gasteiger partial charge is 0.422 e. The third-order valence-corrected chi connectivity index (χ3v) is 3.50. The highest BCUT2D eigenvalue weighted by Crippen LogP contribution is 2.21. The van der Waals surface area contributed by atoms with Gasteiger partial charge in [-0.15, -0.1) is 0 Å². The number of carbonyl (C=O) groups is 2. The number of piperidine rings is 1. The van der Waals surface area contributed by atoms with Crippen molar-refractivity contribution in [1.82, 2.24) is 9.88 Å². The topological polar surface area (TPSA) is 91.8 Å². The van der Waals surface area contributed by atoms with Gasteiger partial charge in [0.2, 0.25) is 5.88 Å². The second-order valence-electron chi connectivity index (χ2n) is 5.32. The van der Waals surface area contributed by atoms with E-state index >= 15 is 0 Å². The van der Waals surface area contributed by atoms with Gasteiger partial charge in [-0.25, -0.2) is 9.78 Å². The van der Waals surface area contributed by atoms with Crippen molar-refractivity contribution >= 4 is 17.7 Å². The molecule has 0 aliphatic carbocycles. The number of anilines is 1. The Labute approximate surface area is 135 Å². The molecule has 1 saturated heterocycles. The van der Waals surface area contributed by atoms with E-state index in [-0.39, 0.29) is 11.6 Å². The molecule has 0 aromatic carbocycles. The van der Waals surface area contributed by atoms with Crippen LogP contribution in [0.15, 0.2) is 18.3 Å². The lowest BCUT2D eigenvalue weighted by molar-refractivity contribution is -0.154. The van der Waals surface area contributed by atoms with E-state index in [9.17, 15) is 22.8 Å². The number of aliphatic carboxylic acids is 1. The zero-order valence-corrected chi connectivity index (χ0v) is 12.5. The van der Waals surface area contributed by atoms with Crippen molar-refractivity contribution in [3.63, 3.8) is 0 Å². The SMILES string of the molecule is O=C(O)C1CCN(C(=O)Nc2ccnc(OCC(F)(F)F)c2)CC1. The lowest BCUT2D eigenvalue weighted by atomic mass is 9.97. The van der Waals surface area contributed by atoms with Crippen molar-refractivity contribution in [3.05, 3.63) is 18.3 Å². The zero-order chi connectivity index (χ0) is 17.7. The predicted octanol–water partition coefficient (Wildman–Crippen LogP) is 2.35. The summed E-state index contributed by atoms with van der Waals surface area (Å²) in [7, 11) is 0. The van der Waals surface area contributed by atoms with Crippen LogP contribution in [0.4, 0.5) is 23.7 Å². The number of aromatic nitrogens is 1. The van der Waals surface area contributed by atoms with Crippen LogP contribution in [0.25, 0.3) is 0 Å². The molecule has 10 heteroatoms. The molecule has 2 heterocycles. The molecule has 24 heavy (non-hydrogen) atoms. The molecule has 1 aromatic heterocycles. The number of alkyl halides is 3. The maximum absolute atomic E-state index is 12.1. The van der Waals surface area contributed by atoms with E-state index in [1.54, 1.807) is 0 Å². The van der Waals surface area contributed by atoms with E-state index in [0.717, 1.165) is 0 Å². The minimum absolute atomic E-state index is 0.243. The van der Waals surface area contributed by atoms with Gasteiger partial charge in [-0.3, -0.25) is 4.79 Å². The fourth-order valence-electron chi connectivity index (χ4n) is 2.25. The molecular weight excluding hydrogens is 331 g/mol. The molecule has 0 spiro atoms. The summed E-state index contributed by atoms with van der Waals surface area (Å²) in [6, 6.07) is 2.16. The minimum Gasteiger partial charge on any atom is -0.481 e. The first-order chi connectivity index (χ1) is 11.2. The number of ether oxygens (including phenoxy) is 1. The van der Waals surface area contributed by atoms with E-state index < -0.39 is 30.7 Å². The van der Waals surface area contributed by atoms with Crippen LogP contribution in [-0.4, -0.2) is 52.9 Å². The monoisotopic (exact) mass is 347 g/mol. The number of carboxylic acids is 1. The molecule has 0 saturated carbocycles. The number of halogens is 3. The highest BCUT2D eigenvalue weighted by molar-refractivity contribution is 5.89. The summed E-state index contributed by atoms with van der Waals surface area (Å²) in [5, 5.41) is 11.4. The van der Waals surface area contributed by atoms with Gasteiger partial charge in [-0.05, 0) is 18.9 Å². The molecule has 0 atom stereocenters. The number of likely N-dealkylation sites (tertiary alicyclic amines) is 1. The zero-order valence-electron chi connectivity index (χ0n) is 12.5. The summed E-state index contributed by atoms with van der Waals surface area (Å²) in [5.74, 6) is -1.59. The van der Waals surface area contributed by atoms with Gasteiger partial charge < -0.3 is 20.1 Å². The average Bonchev–Trinajstić information content (AvgIpc) is 2.53. The van der Waals surface area contributed by atoms with Crippen molar-refractivity contribution in [2.24, 2.45) is 5.92 Å². The maximum Gasteiger partial charge on any atom is 0.422 e. The Kier molecular flexibility index (Phi) is 5.47. The molecule has 0 radical (unpaired) electrons. The number of nitrogens with zero attached hydrogens (tertiary/aromatic N) is 2. The summed E-state index contributed by atoms with van der Waals surface area (Å²) >= 11 is 0. The first-order valence-electron chi connectivity index (χ1n) is 7.19. The number of rotatable bonds is 4. The molecule has 2 amide bonds. The fraction of sp³-hybridized carbons (Fsp3) is 0.500. The van der Waals surface area contributed by atoms with Gasteiger partial charge in [0, 0.05) is 31.0 Å². The van der Waals surface area contributed by atoms with E-state index in [4.69, 9.17) is 5.11 Å². The van der Waals surface area contributed by atoms with E-state index in [0.29, 0.717) is 25.9 Å². The van der Waals surface area contributed by atoms with E-state index in [1.165, 1.54) is 23.2 Å². The molecule has 7 nitrogen and oxygen atoms in total. The van der Waals surface area contributed by atoms with E-state index in [2.05, 4.69) is 15.0 Å². The Balaban J connectivity index is 1.89. The van der Waals surface area contributed by atoms with Crippen LogP contribution in [0.3, 0.4) is 0 Å². The average molecular weight is 347 g/mol. The van der Waals surface area contributed by atoms with Crippen molar-refractivity contribution in [1.29, 1.82) is 0 Å². The standard InChI is InChI=1S/C14H16F3N3O4/c15-14(16,17)8-24-11-7-10(1-4-18-11)19-13(23)20-5-2-9(3-6-20)12(21)22/h1,4,7,9H,2-3,5-6,8H2,(H,21,22)(H,18,19,23). The van der Waals surface area contributed by atoms with Crippen LogP contribution < -0.4 is 10.1 Å². The van der Waals surface area contributed by atoms with Crippen LogP contribution in [0, 0.1) is 5.92 Å². The molecule has 1 aromatic rings. The highest BCUT2D eigenvalue weighted by atomic mass is 19.4. The van der Waals surface area contributed by atoms with Crippen LogP contribution >= 0.6 is 0 Å². The molecule has 0 unspecified atom stereocenters. The second-order valence-corrected chi connectivity index (χ2v) is 5.32. The number of amides is 2. The van der Waals surface area contributed by atoms with Gasteiger partial charge in [0.05, 0.1) is 5.92 Å². The van der Waals surface area contributed by atoms with E-state index in [1.807, 2.05) is 0 Å². The normalized spacial score (nSPS) is 15.9. The van der Waals surface area contributed by atoms with Gasteiger partial charge in [0.15, 0.2) is 6.61 Å². The van der Waals surface area contributed by atoms with Crippen molar-refractivity contribution in [2.75, 3.05) is 25.0 Å². The largest absolute Gasteiger partial charge is 0.481 e. The molecular formula is C14H16F3N3O4. The Morgan fingerprint density at radius 2 is 2.04 bits per heavy atom. The lowest BCUT2D eigenvalue weighted by Gasteiger charge is -2.30. The van der Waals surface area contributed by atoms with Crippen LogP contribution in [0.1, 0.15) is 12.8 Å². The van der Waals surface area contributed by atoms with Crippen molar-refractivity contribution in [3.8, 4) is 5.88 Å². The Morgan fingerprint density at radius 1 is 1.38 bits per heavy atom. The van der Waals surface area contributed by atoms with Crippen LogP contribution in [-0.2, 0) is 4.79 Å². The maximum atomic E-state index is 12.1. The third-order valence-electron chi connectivity index (χ3n) is 3.50. The molecule has 0 bridgehead atoms. The summed E-state index contributed by atoms with van der Waals surface area (Å²) < 4.78 is 40.8. The third kappa shape index (κ3) is 5.28. The summed E-state index contributed by atoms with van der Waals surface area (Å²) in [5.41, 5.74) is 0.243. The lowest BCUT2D eigenvalue weighted by Crippen LogP contribution is -2.42. The molecule has 1 aliphatic rings. The number of carboxylic acid groups (broad SMARTS) is 1. The molecule has 1 fully saturated rings. The van der Waals surface area contributed by atoms with Gasteiger partial charge in [0.25, 0.3) is 0 Å². The van der Waals surface area contributed by atoms with Crippen LogP contribution in [0.5, 0.6) is 5.88 Å². The summed E-state index contributed by atoms with van der Waals surface area (Å²) in [6.45, 7) is -0.878. The van der Waals surface area contributed by atoms with Crippen molar-refractivity contribution in [2.45, 2.75) is 19.0 Å². The second kappa shape index (κ2) is 7.37. The molecule has 132 valence electrons. The minimum atomic E-state index is -4.48. The molecule has 2 N–H and O–H groups in total. The molecule has 2 rings (SSSR count). The van der Waals surface area contributed by atoms with Gasteiger partial charge >= 0.3 is 18.2 Å². The highest BCUT2D eigenvalue weighted by Gasteiger charge is 2.29. The fourth-order valence-corrected chi connectivity index (χ4v) is 2.25. The number of hydrogen-bond acceptors (Lipinski definition) is 4. The summed E-state index contributed by atoms with van der Waals surface area (Å²) in [4.78, 5) is 28.1. The Morgan fingerprint density at radius 3 is 2.62 bits per heavy atom. The van der Waals surface area contributed by atoms with Gasteiger partial charge in [-0.1, -0.05) is 0 Å². The number of pyridine rings is 1. The number of urea groups is 1. The Bertz CT molecular complexity index is 601. The molecule has 1 aliphatic heterocycles. The Hall–Kier alpha value is -2.52. The number of carbonyl (C=O) groups excluding carboxylic acids is 1. The predicted molar refractivity (Wildman–Crippen MR) is 76.7 cm³/mol. The first-order valence-corrected chi connectivity index (χ1v) is 7.19. The van der Waals surface area contributed by atoms with Gasteiger partial charge in [0.1, 0.15) is 0 Å². The quantitative estimate of drug-likeness (QED) is 0.872. The van der Waals surface area contributed by atoms with Gasteiger partial charge in [-0.2, -0.15) is 13.2 Å². The number of nitrogens with one attached hydrogen (secondary N) is 1. The first kappa shape index (κ1) is 17.8. The summed E-state index contributed by atoms with van der Waals surface area (Å²) in [6.07, 6.45) is -2.54.